The molecule has 0 bridgehead atoms. The lowest BCUT2D eigenvalue weighted by molar-refractivity contribution is -0.129. The van der Waals surface area contributed by atoms with Gasteiger partial charge in [-0.3, -0.25) is 9.69 Å². The van der Waals surface area contributed by atoms with E-state index in [1.54, 1.807) is 0 Å². The Hall–Kier alpha value is -1.41. The Bertz CT molecular complexity index is 934. The Morgan fingerprint density at radius 1 is 1.13 bits per heavy atom. The van der Waals surface area contributed by atoms with E-state index in [4.69, 9.17) is 21.2 Å². The van der Waals surface area contributed by atoms with Crippen LogP contribution in [0.4, 0.5) is 0 Å². The molecule has 158 valence electrons. The summed E-state index contributed by atoms with van der Waals surface area (Å²) in [6, 6.07) is 12.1. The molecular formula is C22H21Br2ClN2O3. The van der Waals surface area contributed by atoms with Crippen LogP contribution in [0.2, 0.25) is 5.02 Å². The molecule has 0 aliphatic carbocycles. The van der Waals surface area contributed by atoms with Crippen LogP contribution >= 0.6 is 43.5 Å². The molecule has 1 spiro atoms. The highest BCUT2D eigenvalue weighted by atomic mass is 79.9. The van der Waals surface area contributed by atoms with Crippen LogP contribution in [-0.2, 0) is 27.5 Å². The van der Waals surface area contributed by atoms with Gasteiger partial charge in [0.2, 0.25) is 0 Å². The number of hydrogen-bond acceptors (Lipinski definition) is 5. The smallest absolute Gasteiger partial charge is 0.293 e. The molecule has 2 aromatic rings. The number of halogens is 3. The number of likely N-dealkylation sites (tertiary alicyclic amines) is 1. The highest BCUT2D eigenvalue weighted by molar-refractivity contribution is 9.11. The Kier molecular flexibility index (Phi) is 6.82. The summed E-state index contributed by atoms with van der Waals surface area (Å²) in [7, 11) is 0. The molecule has 0 aromatic heterocycles. The number of ether oxygens (including phenoxy) is 1. The maximum absolute atomic E-state index is 10.3. The Balaban J connectivity index is 1.33. The first-order valence-corrected chi connectivity index (χ1v) is 11.7. The zero-order valence-corrected chi connectivity index (χ0v) is 20.2. The second-order valence-electron chi connectivity index (χ2n) is 7.74. The van der Waals surface area contributed by atoms with E-state index in [-0.39, 0.29) is 12.2 Å². The van der Waals surface area contributed by atoms with Gasteiger partial charge in [0.1, 0.15) is 12.2 Å². The third-order valence-electron chi connectivity index (χ3n) is 5.66. The zero-order chi connectivity index (χ0) is 21.1. The van der Waals surface area contributed by atoms with E-state index in [1.807, 2.05) is 24.3 Å². The van der Waals surface area contributed by atoms with E-state index in [9.17, 15) is 4.79 Å². The quantitative estimate of drug-likeness (QED) is 0.339. The second kappa shape index (κ2) is 9.39. The van der Waals surface area contributed by atoms with Crippen molar-refractivity contribution >= 4 is 55.6 Å². The molecule has 0 N–H and O–H groups in total. The Morgan fingerprint density at radius 2 is 1.80 bits per heavy atom. The molecule has 4 rings (SSSR count). The van der Waals surface area contributed by atoms with Crippen molar-refractivity contribution in [3.63, 3.8) is 0 Å². The molecule has 1 fully saturated rings. The average molecular weight is 557 g/mol. The van der Waals surface area contributed by atoms with Crippen LogP contribution in [0.5, 0.6) is 0 Å². The molecule has 0 atom stereocenters. The monoisotopic (exact) mass is 554 g/mol. The van der Waals surface area contributed by atoms with E-state index in [0.717, 1.165) is 64.7 Å². The molecule has 2 aliphatic heterocycles. The van der Waals surface area contributed by atoms with Crippen molar-refractivity contribution in [2.24, 2.45) is 5.16 Å². The van der Waals surface area contributed by atoms with Crippen LogP contribution in [0.3, 0.4) is 0 Å². The summed E-state index contributed by atoms with van der Waals surface area (Å²) in [5.74, 6) is 0. The number of carbonyl (C=O) groups is 1. The molecule has 30 heavy (non-hydrogen) atoms. The lowest BCUT2D eigenvalue weighted by Crippen LogP contribution is -2.44. The summed E-state index contributed by atoms with van der Waals surface area (Å²) in [5.41, 5.74) is 4.01. The Morgan fingerprint density at radius 3 is 2.43 bits per heavy atom. The second-order valence-corrected chi connectivity index (χ2v) is 9.83. The van der Waals surface area contributed by atoms with Crippen molar-refractivity contribution in [2.75, 3.05) is 13.1 Å². The van der Waals surface area contributed by atoms with Gasteiger partial charge in [0.05, 0.1) is 10.7 Å². The van der Waals surface area contributed by atoms with Crippen molar-refractivity contribution in [1.29, 1.82) is 0 Å². The first-order valence-electron chi connectivity index (χ1n) is 9.73. The summed E-state index contributed by atoms with van der Waals surface area (Å²) >= 11 is 13.2. The van der Waals surface area contributed by atoms with Crippen LogP contribution in [0, 0.1) is 0 Å². The third kappa shape index (κ3) is 4.90. The van der Waals surface area contributed by atoms with Gasteiger partial charge in [-0.25, -0.2) is 0 Å². The molecule has 0 saturated carbocycles. The van der Waals surface area contributed by atoms with Gasteiger partial charge in [0.15, 0.2) is 0 Å². The normalized spacial score (nSPS) is 18.2. The van der Waals surface area contributed by atoms with Gasteiger partial charge in [-0.2, -0.15) is 0 Å². The molecule has 2 aromatic carbocycles. The molecule has 0 unspecified atom stereocenters. The molecule has 2 heterocycles. The maximum atomic E-state index is 10.3. The van der Waals surface area contributed by atoms with E-state index < -0.39 is 0 Å². The number of hydrogen-bond donors (Lipinski definition) is 0. The minimum absolute atomic E-state index is 0.202. The number of rotatable bonds is 6. The minimum Gasteiger partial charge on any atom is -0.463 e. The largest absolute Gasteiger partial charge is 0.463 e. The fourth-order valence-electron chi connectivity index (χ4n) is 3.94. The highest BCUT2D eigenvalue weighted by Crippen LogP contribution is 2.37. The topological polar surface area (TPSA) is 51.1 Å². The molecular weight excluding hydrogens is 536 g/mol. The molecule has 1 saturated heterocycles. The molecule has 2 aliphatic rings. The fourth-order valence-corrected chi connectivity index (χ4v) is 5.33. The summed E-state index contributed by atoms with van der Waals surface area (Å²) < 4.78 is 6.61. The predicted molar refractivity (Wildman–Crippen MR) is 124 cm³/mol. The third-order valence-corrected chi connectivity index (χ3v) is 7.78. The lowest BCUT2D eigenvalue weighted by atomic mass is 9.85. The first kappa shape index (κ1) is 21.8. The number of oxime groups is 1. The van der Waals surface area contributed by atoms with Gasteiger partial charge in [0, 0.05) is 47.8 Å². The lowest BCUT2D eigenvalue weighted by Gasteiger charge is -2.37. The molecule has 0 amide bonds. The molecule has 5 nitrogen and oxygen atoms in total. The summed E-state index contributed by atoms with van der Waals surface area (Å²) in [6.07, 6.45) is 2.71. The summed E-state index contributed by atoms with van der Waals surface area (Å²) in [6.45, 7) is 3.55. The van der Waals surface area contributed by atoms with Crippen molar-refractivity contribution in [3.05, 3.63) is 67.1 Å². The summed E-state index contributed by atoms with van der Waals surface area (Å²) in [4.78, 5) is 18.7. The van der Waals surface area contributed by atoms with Crippen LogP contribution in [0.15, 0.2) is 50.5 Å². The molecule has 0 radical (unpaired) electrons. The first-order chi connectivity index (χ1) is 14.5. The van der Waals surface area contributed by atoms with E-state index in [2.05, 4.69) is 54.0 Å². The van der Waals surface area contributed by atoms with Gasteiger partial charge in [0.25, 0.3) is 6.47 Å². The number of piperidine rings is 1. The highest BCUT2D eigenvalue weighted by Gasteiger charge is 2.42. The SMILES string of the molecule is O=COCc1ccc(C2=NOC3(CCN(Cc4cc(Br)c(Cl)c(Br)c4)CC3)C2)cc1. The van der Waals surface area contributed by atoms with Gasteiger partial charge in [-0.15, -0.1) is 0 Å². The fraction of sp³-hybridized carbons (Fsp3) is 0.364. The van der Waals surface area contributed by atoms with Gasteiger partial charge < -0.3 is 9.57 Å². The maximum Gasteiger partial charge on any atom is 0.293 e. The van der Waals surface area contributed by atoms with Crippen molar-refractivity contribution < 1.29 is 14.4 Å². The number of nitrogens with zero attached hydrogens (tertiary/aromatic N) is 2. The Labute approximate surface area is 197 Å². The predicted octanol–water partition coefficient (Wildman–Crippen LogP) is 5.70. The van der Waals surface area contributed by atoms with Gasteiger partial charge >= 0.3 is 0 Å². The van der Waals surface area contributed by atoms with Crippen LogP contribution in [-0.4, -0.2) is 35.8 Å². The van der Waals surface area contributed by atoms with Gasteiger partial charge in [-0.1, -0.05) is 41.0 Å². The average Bonchev–Trinajstić information content (AvgIpc) is 3.16. The van der Waals surface area contributed by atoms with E-state index >= 15 is 0 Å². The summed E-state index contributed by atoms with van der Waals surface area (Å²) in [5, 5.41) is 5.10. The van der Waals surface area contributed by atoms with Crippen molar-refractivity contribution in [3.8, 4) is 0 Å². The number of benzene rings is 2. The molecule has 8 heteroatoms. The van der Waals surface area contributed by atoms with Gasteiger partial charge in [-0.05, 0) is 60.7 Å². The van der Waals surface area contributed by atoms with Crippen LogP contribution < -0.4 is 0 Å². The van der Waals surface area contributed by atoms with Crippen LogP contribution in [0.1, 0.15) is 36.0 Å². The number of carbonyl (C=O) groups excluding carboxylic acids is 1. The standard InChI is InChI=1S/C22H21Br2ClN2O3/c23-18-9-16(10-19(24)21(18)25)12-27-7-5-22(6-8-27)11-20(26-30-22)17-3-1-15(2-4-17)13-29-14-28/h1-4,9-10,14H,5-8,11-13H2. The van der Waals surface area contributed by atoms with E-state index in [0.29, 0.717) is 11.5 Å². The van der Waals surface area contributed by atoms with Crippen molar-refractivity contribution in [1.82, 2.24) is 4.90 Å². The van der Waals surface area contributed by atoms with Crippen LogP contribution in [0.25, 0.3) is 0 Å². The van der Waals surface area contributed by atoms with Crippen molar-refractivity contribution in [2.45, 2.75) is 38.0 Å². The minimum atomic E-state index is -0.202. The van der Waals surface area contributed by atoms with E-state index in [1.165, 1.54) is 5.56 Å². The zero-order valence-electron chi connectivity index (χ0n) is 16.2.